The SMILES string of the molecule is CC1(C(=O)NCCCOC2CCCCC2)CCCC1N. The number of carbonyl (C=O) groups excluding carboxylic acids is 1. The van der Waals surface area contributed by atoms with Crippen LogP contribution in [0.2, 0.25) is 0 Å². The second kappa shape index (κ2) is 7.41. The van der Waals surface area contributed by atoms with Gasteiger partial charge in [0.15, 0.2) is 0 Å². The van der Waals surface area contributed by atoms with Crippen molar-refractivity contribution in [3.05, 3.63) is 0 Å². The summed E-state index contributed by atoms with van der Waals surface area (Å²) < 4.78 is 5.86. The Kier molecular flexibility index (Phi) is 5.85. The molecular weight excluding hydrogens is 252 g/mol. The third-order valence-electron chi connectivity index (χ3n) is 5.06. The van der Waals surface area contributed by atoms with Crippen LogP contribution in [0.1, 0.15) is 64.7 Å². The van der Waals surface area contributed by atoms with Gasteiger partial charge in [-0.1, -0.05) is 25.7 Å². The van der Waals surface area contributed by atoms with Gasteiger partial charge in [-0.3, -0.25) is 4.79 Å². The van der Waals surface area contributed by atoms with E-state index in [9.17, 15) is 4.79 Å². The molecule has 4 nitrogen and oxygen atoms in total. The molecule has 0 radical (unpaired) electrons. The Morgan fingerprint density at radius 2 is 2.00 bits per heavy atom. The van der Waals surface area contributed by atoms with Crippen LogP contribution in [0.3, 0.4) is 0 Å². The lowest BCUT2D eigenvalue weighted by atomic mass is 9.84. The van der Waals surface area contributed by atoms with Gasteiger partial charge in [-0.05, 0) is 39.0 Å². The Morgan fingerprint density at radius 3 is 2.65 bits per heavy atom. The standard InChI is InChI=1S/C16H30N2O2/c1-16(10-5-9-14(16)17)15(19)18-11-6-12-20-13-7-3-2-4-8-13/h13-14H,2-12,17H2,1H3,(H,18,19). The maximum atomic E-state index is 12.2. The average molecular weight is 282 g/mol. The van der Waals surface area contributed by atoms with Gasteiger partial charge in [0.2, 0.25) is 5.91 Å². The number of amides is 1. The van der Waals surface area contributed by atoms with E-state index in [4.69, 9.17) is 10.5 Å². The molecule has 2 aliphatic rings. The van der Waals surface area contributed by atoms with Crippen LogP contribution < -0.4 is 11.1 Å². The molecule has 2 fully saturated rings. The molecule has 0 aromatic heterocycles. The molecule has 2 unspecified atom stereocenters. The molecular formula is C16H30N2O2. The third-order valence-corrected chi connectivity index (χ3v) is 5.06. The number of hydrogen-bond donors (Lipinski definition) is 2. The van der Waals surface area contributed by atoms with Crippen molar-refractivity contribution < 1.29 is 9.53 Å². The first-order valence-electron chi connectivity index (χ1n) is 8.28. The summed E-state index contributed by atoms with van der Waals surface area (Å²) in [6.07, 6.45) is 10.7. The lowest BCUT2D eigenvalue weighted by Gasteiger charge is -2.27. The van der Waals surface area contributed by atoms with Crippen molar-refractivity contribution in [2.75, 3.05) is 13.2 Å². The van der Waals surface area contributed by atoms with Crippen molar-refractivity contribution in [3.63, 3.8) is 0 Å². The number of nitrogens with two attached hydrogens (primary N) is 1. The van der Waals surface area contributed by atoms with Gasteiger partial charge in [0, 0.05) is 19.2 Å². The minimum Gasteiger partial charge on any atom is -0.378 e. The molecule has 4 heteroatoms. The quantitative estimate of drug-likeness (QED) is 0.735. The van der Waals surface area contributed by atoms with Crippen LogP contribution in [0.25, 0.3) is 0 Å². The highest BCUT2D eigenvalue weighted by molar-refractivity contribution is 5.83. The Hall–Kier alpha value is -0.610. The van der Waals surface area contributed by atoms with Gasteiger partial charge in [0.05, 0.1) is 11.5 Å². The zero-order valence-electron chi connectivity index (χ0n) is 12.8. The summed E-state index contributed by atoms with van der Waals surface area (Å²) in [5, 5.41) is 3.03. The number of carbonyl (C=O) groups is 1. The summed E-state index contributed by atoms with van der Waals surface area (Å²) in [7, 11) is 0. The minimum absolute atomic E-state index is 0.0148. The van der Waals surface area contributed by atoms with Crippen LogP contribution in [0.15, 0.2) is 0 Å². The van der Waals surface area contributed by atoms with Gasteiger partial charge >= 0.3 is 0 Å². The number of hydrogen-bond acceptors (Lipinski definition) is 3. The van der Waals surface area contributed by atoms with E-state index in [-0.39, 0.29) is 17.4 Å². The summed E-state index contributed by atoms with van der Waals surface area (Å²) in [6.45, 7) is 3.46. The maximum Gasteiger partial charge on any atom is 0.227 e. The molecule has 0 spiro atoms. The smallest absolute Gasteiger partial charge is 0.227 e. The Balaban J connectivity index is 1.57. The van der Waals surface area contributed by atoms with Crippen molar-refractivity contribution in [2.45, 2.75) is 76.9 Å². The highest BCUT2D eigenvalue weighted by Crippen LogP contribution is 2.36. The fraction of sp³-hybridized carbons (Fsp3) is 0.938. The lowest BCUT2D eigenvalue weighted by molar-refractivity contribution is -0.130. The summed E-state index contributed by atoms with van der Waals surface area (Å²) in [6, 6.07) is 0.0148. The molecule has 1 amide bonds. The lowest BCUT2D eigenvalue weighted by Crippen LogP contribution is -2.47. The predicted molar refractivity (Wildman–Crippen MR) is 80.4 cm³/mol. The summed E-state index contributed by atoms with van der Waals surface area (Å²) in [4.78, 5) is 12.2. The summed E-state index contributed by atoms with van der Waals surface area (Å²) in [5.41, 5.74) is 5.70. The van der Waals surface area contributed by atoms with Crippen LogP contribution in [0.5, 0.6) is 0 Å². The average Bonchev–Trinajstić information content (AvgIpc) is 2.80. The molecule has 2 atom stereocenters. The number of nitrogens with one attached hydrogen (secondary N) is 1. The van der Waals surface area contributed by atoms with Crippen LogP contribution >= 0.6 is 0 Å². The molecule has 116 valence electrons. The first kappa shape index (κ1) is 15.8. The van der Waals surface area contributed by atoms with E-state index in [1.807, 2.05) is 6.92 Å². The van der Waals surface area contributed by atoms with E-state index < -0.39 is 0 Å². The highest BCUT2D eigenvalue weighted by atomic mass is 16.5. The van der Waals surface area contributed by atoms with Crippen molar-refractivity contribution in [1.82, 2.24) is 5.32 Å². The van der Waals surface area contributed by atoms with E-state index in [0.717, 1.165) is 32.3 Å². The van der Waals surface area contributed by atoms with Crippen LogP contribution in [-0.4, -0.2) is 31.2 Å². The van der Waals surface area contributed by atoms with Gasteiger partial charge in [-0.15, -0.1) is 0 Å². The van der Waals surface area contributed by atoms with E-state index in [1.54, 1.807) is 0 Å². The van der Waals surface area contributed by atoms with Crippen molar-refractivity contribution in [3.8, 4) is 0 Å². The minimum atomic E-state index is -0.357. The van der Waals surface area contributed by atoms with Crippen LogP contribution in [0, 0.1) is 5.41 Å². The zero-order chi connectivity index (χ0) is 14.4. The number of ether oxygens (including phenoxy) is 1. The molecule has 0 saturated heterocycles. The van der Waals surface area contributed by atoms with Crippen LogP contribution in [-0.2, 0) is 9.53 Å². The van der Waals surface area contributed by atoms with E-state index in [0.29, 0.717) is 12.6 Å². The maximum absolute atomic E-state index is 12.2. The molecule has 0 bridgehead atoms. The summed E-state index contributed by atoms with van der Waals surface area (Å²) >= 11 is 0. The fourth-order valence-corrected chi connectivity index (χ4v) is 3.43. The van der Waals surface area contributed by atoms with Crippen molar-refractivity contribution in [2.24, 2.45) is 11.1 Å². The van der Waals surface area contributed by atoms with E-state index in [1.165, 1.54) is 32.1 Å². The molecule has 2 aliphatic carbocycles. The normalized spacial score (nSPS) is 31.4. The van der Waals surface area contributed by atoms with E-state index in [2.05, 4.69) is 5.32 Å². The molecule has 0 aromatic carbocycles. The Bertz CT molecular complexity index is 316. The van der Waals surface area contributed by atoms with Gasteiger partial charge < -0.3 is 15.8 Å². The topological polar surface area (TPSA) is 64.3 Å². The molecule has 20 heavy (non-hydrogen) atoms. The molecule has 0 aromatic rings. The third kappa shape index (κ3) is 3.95. The van der Waals surface area contributed by atoms with Gasteiger partial charge in [0.25, 0.3) is 0 Å². The van der Waals surface area contributed by atoms with E-state index >= 15 is 0 Å². The second-order valence-corrected chi connectivity index (χ2v) is 6.66. The first-order chi connectivity index (χ1) is 9.63. The first-order valence-corrected chi connectivity index (χ1v) is 8.28. The monoisotopic (exact) mass is 282 g/mol. The van der Waals surface area contributed by atoms with Gasteiger partial charge in [-0.25, -0.2) is 0 Å². The molecule has 3 N–H and O–H groups in total. The van der Waals surface area contributed by atoms with Gasteiger partial charge in [-0.2, -0.15) is 0 Å². The van der Waals surface area contributed by atoms with Crippen molar-refractivity contribution in [1.29, 1.82) is 0 Å². The largest absolute Gasteiger partial charge is 0.378 e. The zero-order valence-corrected chi connectivity index (χ0v) is 12.8. The highest BCUT2D eigenvalue weighted by Gasteiger charge is 2.42. The summed E-state index contributed by atoms with van der Waals surface area (Å²) in [5.74, 6) is 0.125. The molecule has 0 heterocycles. The molecule has 2 rings (SSSR count). The fourth-order valence-electron chi connectivity index (χ4n) is 3.43. The van der Waals surface area contributed by atoms with Crippen LogP contribution in [0.4, 0.5) is 0 Å². The molecule has 2 saturated carbocycles. The van der Waals surface area contributed by atoms with Gasteiger partial charge in [0.1, 0.15) is 0 Å². The van der Waals surface area contributed by atoms with Crippen molar-refractivity contribution >= 4 is 5.91 Å². The second-order valence-electron chi connectivity index (χ2n) is 6.66. The molecule has 0 aliphatic heterocycles. The predicted octanol–water partition coefficient (Wildman–Crippen LogP) is 2.36. The Labute approximate surface area is 122 Å². The number of rotatable bonds is 6. The Morgan fingerprint density at radius 1 is 1.25 bits per heavy atom.